The fraction of sp³-hybridized carbons (Fsp3) is 0.467. The summed E-state index contributed by atoms with van der Waals surface area (Å²) in [4.78, 5) is 37.8. The number of nitrogens with zero attached hydrogens (tertiary/aromatic N) is 1. The van der Waals surface area contributed by atoms with E-state index in [-0.39, 0.29) is 18.8 Å². The van der Waals surface area contributed by atoms with E-state index in [1.165, 1.54) is 24.3 Å². The first-order chi connectivity index (χ1) is 11.1. The predicted octanol–water partition coefficient (Wildman–Crippen LogP) is 1.22. The topological polar surface area (TPSA) is 131 Å². The fourth-order valence-electron chi connectivity index (χ4n) is 1.56. The largest absolute Gasteiger partial charge is 0.460 e. The zero-order chi connectivity index (χ0) is 18.3. The molecule has 24 heavy (non-hydrogen) atoms. The van der Waals surface area contributed by atoms with Crippen molar-refractivity contribution in [3.05, 3.63) is 45.5 Å². The van der Waals surface area contributed by atoms with Gasteiger partial charge < -0.3 is 20.0 Å². The van der Waals surface area contributed by atoms with E-state index in [1.807, 2.05) is 0 Å². The number of carbonyl (C=O) groups is 2. The first-order valence-electron chi connectivity index (χ1n) is 7.10. The molecule has 132 valence electrons. The Morgan fingerprint density at radius 2 is 1.83 bits per heavy atom. The normalized spacial score (nSPS) is 12.2. The number of rotatable bonds is 7. The number of benzene rings is 1. The van der Waals surface area contributed by atoms with Gasteiger partial charge in [-0.15, -0.1) is 10.1 Å². The van der Waals surface area contributed by atoms with Gasteiger partial charge in [0.25, 0.3) is 5.09 Å². The summed E-state index contributed by atoms with van der Waals surface area (Å²) < 4.78 is 10.0. The van der Waals surface area contributed by atoms with Crippen LogP contribution in [-0.4, -0.2) is 35.3 Å². The molecule has 0 heterocycles. The average Bonchev–Trinajstić information content (AvgIpc) is 2.49. The van der Waals surface area contributed by atoms with E-state index >= 15 is 0 Å². The van der Waals surface area contributed by atoms with Gasteiger partial charge in [0.1, 0.15) is 24.9 Å². The highest BCUT2D eigenvalue weighted by molar-refractivity contribution is 5.89. The number of carbonyl (C=O) groups excluding carboxylic acids is 2. The van der Waals surface area contributed by atoms with Crippen LogP contribution in [0.4, 0.5) is 0 Å². The molecule has 2 N–H and O–H groups in total. The number of ether oxygens (including phenoxy) is 2. The molecular weight excluding hydrogens is 320 g/mol. The maximum atomic E-state index is 11.9. The second-order valence-corrected chi connectivity index (χ2v) is 5.93. The molecule has 0 amide bonds. The third-order valence-electron chi connectivity index (χ3n) is 2.63. The summed E-state index contributed by atoms with van der Waals surface area (Å²) in [6.45, 7) is 4.57. The van der Waals surface area contributed by atoms with Crippen molar-refractivity contribution >= 4 is 11.9 Å². The lowest BCUT2D eigenvalue weighted by molar-refractivity contribution is -0.763. The van der Waals surface area contributed by atoms with E-state index in [1.54, 1.807) is 20.8 Å². The number of nitrogens with two attached hydrogens (primary N) is 1. The molecule has 0 saturated carbocycles. The van der Waals surface area contributed by atoms with Gasteiger partial charge in [0.15, 0.2) is 0 Å². The third-order valence-corrected chi connectivity index (χ3v) is 2.63. The molecule has 1 aromatic rings. The van der Waals surface area contributed by atoms with Gasteiger partial charge in [-0.1, -0.05) is 12.1 Å². The molecule has 0 saturated heterocycles. The Balaban J connectivity index is 2.50. The van der Waals surface area contributed by atoms with Crippen molar-refractivity contribution in [3.63, 3.8) is 0 Å². The van der Waals surface area contributed by atoms with Crippen molar-refractivity contribution in [3.8, 4) is 0 Å². The molecule has 0 aromatic heterocycles. The Hall–Kier alpha value is -2.68. The van der Waals surface area contributed by atoms with Crippen LogP contribution in [0.25, 0.3) is 0 Å². The summed E-state index contributed by atoms with van der Waals surface area (Å²) in [5.41, 5.74) is 5.67. The summed E-state index contributed by atoms with van der Waals surface area (Å²) >= 11 is 0. The Labute approximate surface area is 138 Å². The predicted molar refractivity (Wildman–Crippen MR) is 82.3 cm³/mol. The van der Waals surface area contributed by atoms with Crippen molar-refractivity contribution in [1.82, 2.24) is 0 Å². The van der Waals surface area contributed by atoms with Gasteiger partial charge in [-0.2, -0.15) is 0 Å². The lowest BCUT2D eigenvalue weighted by Crippen LogP contribution is -2.41. The molecular formula is C15H20N2O7. The lowest BCUT2D eigenvalue weighted by atomic mass is 10.1. The van der Waals surface area contributed by atoms with Gasteiger partial charge in [-0.3, -0.25) is 4.79 Å². The van der Waals surface area contributed by atoms with Crippen molar-refractivity contribution in [1.29, 1.82) is 0 Å². The Bertz CT molecular complexity index is 593. The molecule has 0 aliphatic carbocycles. The first kappa shape index (κ1) is 19.4. The van der Waals surface area contributed by atoms with E-state index in [0.717, 1.165) is 0 Å². The van der Waals surface area contributed by atoms with Crippen LogP contribution < -0.4 is 5.73 Å². The zero-order valence-electron chi connectivity index (χ0n) is 13.7. The Kier molecular flexibility index (Phi) is 6.66. The van der Waals surface area contributed by atoms with Crippen LogP contribution in [0.5, 0.6) is 0 Å². The van der Waals surface area contributed by atoms with Gasteiger partial charge in [-0.05, 0) is 38.5 Å². The van der Waals surface area contributed by atoms with E-state index in [0.29, 0.717) is 5.56 Å². The van der Waals surface area contributed by atoms with Crippen LogP contribution >= 0.6 is 0 Å². The fourth-order valence-corrected chi connectivity index (χ4v) is 1.56. The lowest BCUT2D eigenvalue weighted by Gasteiger charge is -2.22. The smallest absolute Gasteiger partial charge is 0.338 e. The molecule has 0 spiro atoms. The molecule has 9 heteroatoms. The summed E-state index contributed by atoms with van der Waals surface area (Å²) in [6, 6.07) is 4.77. The van der Waals surface area contributed by atoms with Gasteiger partial charge in [0, 0.05) is 0 Å². The van der Waals surface area contributed by atoms with Crippen molar-refractivity contribution in [2.75, 3.05) is 6.61 Å². The third kappa shape index (κ3) is 7.05. The highest BCUT2D eigenvalue weighted by Crippen LogP contribution is 2.10. The second-order valence-electron chi connectivity index (χ2n) is 5.93. The number of hydrogen-bond donors (Lipinski definition) is 1. The summed E-state index contributed by atoms with van der Waals surface area (Å²) in [6.07, 6.45) is 0. The molecule has 1 aromatic carbocycles. The summed E-state index contributed by atoms with van der Waals surface area (Å²) in [5.74, 6) is -1.33. The Morgan fingerprint density at radius 3 is 2.33 bits per heavy atom. The van der Waals surface area contributed by atoms with E-state index in [4.69, 9.17) is 15.2 Å². The highest BCUT2D eigenvalue weighted by Gasteiger charge is 2.23. The van der Waals surface area contributed by atoms with Crippen LogP contribution in [0.15, 0.2) is 24.3 Å². The van der Waals surface area contributed by atoms with E-state index < -0.39 is 28.7 Å². The van der Waals surface area contributed by atoms with Crippen LogP contribution in [0.2, 0.25) is 0 Å². The molecule has 0 aliphatic rings. The maximum Gasteiger partial charge on any atom is 0.338 e. The molecule has 0 aliphatic heterocycles. The van der Waals surface area contributed by atoms with Crippen LogP contribution in [-0.2, 0) is 25.7 Å². The van der Waals surface area contributed by atoms with Crippen LogP contribution in [0.3, 0.4) is 0 Å². The molecule has 1 atom stereocenters. The molecule has 1 unspecified atom stereocenters. The minimum Gasteiger partial charge on any atom is -0.460 e. The standard InChI is InChI=1S/C15H20N2O7/c1-15(2,3)24-14(19)12(16)9-22-13(18)11-6-4-10(5-7-11)8-23-17(20)21/h4-7,12H,8-9,16H2,1-3H3. The molecule has 0 radical (unpaired) electrons. The van der Waals surface area contributed by atoms with Gasteiger partial charge >= 0.3 is 11.9 Å². The van der Waals surface area contributed by atoms with Crippen LogP contribution in [0, 0.1) is 10.1 Å². The molecule has 1 rings (SSSR count). The van der Waals surface area contributed by atoms with E-state index in [2.05, 4.69) is 4.84 Å². The Morgan fingerprint density at radius 1 is 1.25 bits per heavy atom. The first-order valence-corrected chi connectivity index (χ1v) is 7.10. The zero-order valence-corrected chi connectivity index (χ0v) is 13.7. The monoisotopic (exact) mass is 340 g/mol. The van der Waals surface area contributed by atoms with E-state index in [9.17, 15) is 19.7 Å². The highest BCUT2D eigenvalue weighted by atomic mass is 16.9. The molecule has 9 nitrogen and oxygen atoms in total. The average molecular weight is 340 g/mol. The van der Waals surface area contributed by atoms with Crippen molar-refractivity contribution in [2.45, 2.75) is 39.0 Å². The molecule has 0 fully saturated rings. The van der Waals surface area contributed by atoms with Gasteiger partial charge in [-0.25, -0.2) is 4.79 Å². The number of hydrogen-bond acceptors (Lipinski definition) is 8. The van der Waals surface area contributed by atoms with Crippen molar-refractivity contribution < 1.29 is 29.0 Å². The summed E-state index contributed by atoms with van der Waals surface area (Å²) in [7, 11) is 0. The van der Waals surface area contributed by atoms with Gasteiger partial charge in [0.05, 0.1) is 5.56 Å². The minimum atomic E-state index is -1.08. The summed E-state index contributed by atoms with van der Waals surface area (Å²) in [5, 5.41) is 9.20. The molecule has 0 bridgehead atoms. The van der Waals surface area contributed by atoms with Gasteiger partial charge in [0.2, 0.25) is 0 Å². The quantitative estimate of drug-likeness (QED) is 0.445. The second kappa shape index (κ2) is 8.25. The maximum absolute atomic E-state index is 11.9. The van der Waals surface area contributed by atoms with Crippen molar-refractivity contribution in [2.24, 2.45) is 5.73 Å². The van der Waals surface area contributed by atoms with Crippen LogP contribution in [0.1, 0.15) is 36.7 Å². The number of esters is 2. The SMILES string of the molecule is CC(C)(C)OC(=O)C(N)COC(=O)c1ccc(CO[N+](=O)[O-])cc1. The minimum absolute atomic E-state index is 0.216.